The van der Waals surface area contributed by atoms with Crippen LogP contribution in [-0.2, 0) is 14.8 Å². The fourth-order valence-electron chi connectivity index (χ4n) is 1.64. The van der Waals surface area contributed by atoms with Crippen molar-refractivity contribution in [2.24, 2.45) is 0 Å². The fourth-order valence-corrected chi connectivity index (χ4v) is 2.94. The molecule has 0 fully saturated rings. The summed E-state index contributed by atoms with van der Waals surface area (Å²) in [7, 11) is -3.70. The van der Waals surface area contributed by atoms with E-state index in [-0.39, 0.29) is 17.0 Å². The summed E-state index contributed by atoms with van der Waals surface area (Å²) in [5, 5.41) is 11.7. The van der Waals surface area contributed by atoms with Gasteiger partial charge in [0.05, 0.1) is 5.69 Å². The molecule has 21 heavy (non-hydrogen) atoms. The van der Waals surface area contributed by atoms with E-state index in [1.54, 1.807) is 12.1 Å². The molecule has 1 unspecified atom stereocenters. The number of carboxylic acid groups (broad SMARTS) is 1. The lowest BCUT2D eigenvalue weighted by atomic mass is 10.2. The molecule has 0 spiro atoms. The number of benzene rings is 1. The van der Waals surface area contributed by atoms with Gasteiger partial charge in [-0.1, -0.05) is 19.1 Å². The molecular weight excluding hydrogens is 292 g/mol. The predicted octanol–water partition coefficient (Wildman–Crippen LogP) is 1.26. The number of para-hydroxylation sites is 1. The number of sulfonamides is 1. The van der Waals surface area contributed by atoms with Crippen LogP contribution in [0.25, 0.3) is 0 Å². The lowest BCUT2D eigenvalue weighted by Gasteiger charge is -2.17. The Morgan fingerprint density at radius 3 is 2.67 bits per heavy atom. The Hall–Kier alpha value is -2.04. The average molecular weight is 310 g/mol. The zero-order valence-electron chi connectivity index (χ0n) is 11.7. The zero-order valence-corrected chi connectivity index (χ0v) is 12.5. The molecule has 0 radical (unpaired) electrons. The second kappa shape index (κ2) is 7.67. The first-order valence-electron chi connectivity index (χ1n) is 6.44. The molecule has 0 amide bonds. The third-order valence-corrected chi connectivity index (χ3v) is 4.19. The number of hydrogen-bond donors (Lipinski definition) is 3. The number of carbonyl (C=O) groups is 1. The summed E-state index contributed by atoms with van der Waals surface area (Å²) in [4.78, 5) is 11.1. The van der Waals surface area contributed by atoms with Crippen LogP contribution in [-0.4, -0.2) is 32.1 Å². The normalized spacial score (nSPS) is 12.4. The Morgan fingerprint density at radius 1 is 1.43 bits per heavy atom. The van der Waals surface area contributed by atoms with Gasteiger partial charge in [-0.05, 0) is 18.6 Å². The van der Waals surface area contributed by atoms with Gasteiger partial charge in [-0.3, -0.25) is 0 Å². The number of carboxylic acids is 1. The first kappa shape index (κ1) is 17.0. The van der Waals surface area contributed by atoms with Crippen LogP contribution in [0.5, 0.6) is 0 Å². The van der Waals surface area contributed by atoms with Gasteiger partial charge in [0.1, 0.15) is 10.9 Å². The predicted molar refractivity (Wildman–Crippen MR) is 80.4 cm³/mol. The van der Waals surface area contributed by atoms with Crippen molar-refractivity contribution in [3.8, 4) is 12.3 Å². The van der Waals surface area contributed by atoms with Gasteiger partial charge in [-0.15, -0.1) is 12.3 Å². The van der Waals surface area contributed by atoms with Crippen molar-refractivity contribution in [1.82, 2.24) is 4.72 Å². The van der Waals surface area contributed by atoms with E-state index >= 15 is 0 Å². The Morgan fingerprint density at radius 2 is 2.10 bits per heavy atom. The van der Waals surface area contributed by atoms with Gasteiger partial charge in [-0.25, -0.2) is 17.9 Å². The molecule has 0 saturated heterocycles. The highest BCUT2D eigenvalue weighted by Gasteiger charge is 2.22. The SMILES string of the molecule is C#CCC(Nc1ccccc1S(=O)(=O)NCCC)C(=O)O. The van der Waals surface area contributed by atoms with Crippen molar-refractivity contribution < 1.29 is 18.3 Å². The van der Waals surface area contributed by atoms with Crippen molar-refractivity contribution in [2.45, 2.75) is 30.7 Å². The third-order valence-electron chi connectivity index (χ3n) is 2.67. The summed E-state index contributed by atoms with van der Waals surface area (Å²) in [6.07, 6.45) is 5.73. The van der Waals surface area contributed by atoms with E-state index in [9.17, 15) is 13.2 Å². The van der Waals surface area contributed by atoms with Crippen LogP contribution < -0.4 is 10.0 Å². The molecule has 0 aliphatic carbocycles. The molecule has 3 N–H and O–H groups in total. The smallest absolute Gasteiger partial charge is 0.327 e. The minimum Gasteiger partial charge on any atom is -0.480 e. The summed E-state index contributed by atoms with van der Waals surface area (Å²) in [6.45, 7) is 2.16. The van der Waals surface area contributed by atoms with Crippen LogP contribution >= 0.6 is 0 Å². The second-order valence-electron chi connectivity index (χ2n) is 4.34. The van der Waals surface area contributed by atoms with Gasteiger partial charge in [-0.2, -0.15) is 0 Å². The third kappa shape index (κ3) is 4.77. The average Bonchev–Trinajstić information content (AvgIpc) is 2.45. The van der Waals surface area contributed by atoms with Gasteiger partial charge in [0.25, 0.3) is 0 Å². The number of anilines is 1. The van der Waals surface area contributed by atoms with Gasteiger partial charge in [0, 0.05) is 13.0 Å². The zero-order chi connectivity index (χ0) is 15.9. The standard InChI is InChI=1S/C14H18N2O4S/c1-3-7-12(14(17)18)16-11-8-5-6-9-13(11)21(19,20)15-10-4-2/h1,5-6,8-9,12,15-16H,4,7,10H2,2H3,(H,17,18). The summed E-state index contributed by atoms with van der Waals surface area (Å²) in [6, 6.07) is 5.07. The molecule has 1 aromatic rings. The van der Waals surface area contributed by atoms with Crippen molar-refractivity contribution in [3.63, 3.8) is 0 Å². The van der Waals surface area contributed by atoms with E-state index in [4.69, 9.17) is 11.5 Å². The molecular formula is C14H18N2O4S. The molecule has 0 bridgehead atoms. The second-order valence-corrected chi connectivity index (χ2v) is 6.07. The maximum absolute atomic E-state index is 12.2. The minimum atomic E-state index is -3.70. The van der Waals surface area contributed by atoms with E-state index in [0.717, 1.165) is 0 Å². The van der Waals surface area contributed by atoms with E-state index in [0.29, 0.717) is 13.0 Å². The molecule has 0 saturated carbocycles. The number of aliphatic carboxylic acids is 1. The molecule has 1 atom stereocenters. The fraction of sp³-hybridized carbons (Fsp3) is 0.357. The number of terminal acetylenes is 1. The summed E-state index contributed by atoms with van der Waals surface area (Å²) >= 11 is 0. The van der Waals surface area contributed by atoms with E-state index in [1.807, 2.05) is 6.92 Å². The maximum atomic E-state index is 12.2. The number of nitrogens with one attached hydrogen (secondary N) is 2. The van der Waals surface area contributed by atoms with Crippen molar-refractivity contribution in [3.05, 3.63) is 24.3 Å². The molecule has 6 nitrogen and oxygen atoms in total. The van der Waals surface area contributed by atoms with Gasteiger partial charge in [0.15, 0.2) is 0 Å². The van der Waals surface area contributed by atoms with Crippen LogP contribution in [0.2, 0.25) is 0 Å². The molecule has 114 valence electrons. The highest BCUT2D eigenvalue weighted by molar-refractivity contribution is 7.89. The molecule has 1 aromatic carbocycles. The number of hydrogen-bond acceptors (Lipinski definition) is 4. The molecule has 1 rings (SSSR count). The maximum Gasteiger partial charge on any atom is 0.327 e. The Bertz CT molecular complexity index is 635. The topological polar surface area (TPSA) is 95.5 Å². The Labute approximate surface area is 124 Å². The minimum absolute atomic E-state index is 0.00159. The lowest BCUT2D eigenvalue weighted by Crippen LogP contribution is -2.31. The monoisotopic (exact) mass is 310 g/mol. The summed E-state index contributed by atoms with van der Waals surface area (Å²) < 4.78 is 26.8. The largest absolute Gasteiger partial charge is 0.480 e. The summed E-state index contributed by atoms with van der Waals surface area (Å²) in [5.74, 6) is 1.12. The Balaban J connectivity index is 3.10. The Kier molecular flexibility index (Phi) is 6.21. The van der Waals surface area contributed by atoms with Crippen LogP contribution in [0.3, 0.4) is 0 Å². The van der Waals surface area contributed by atoms with Crippen molar-refractivity contribution in [2.75, 3.05) is 11.9 Å². The number of rotatable bonds is 8. The van der Waals surface area contributed by atoms with Crippen LogP contribution in [0.4, 0.5) is 5.69 Å². The van der Waals surface area contributed by atoms with Gasteiger partial charge < -0.3 is 10.4 Å². The first-order valence-corrected chi connectivity index (χ1v) is 7.92. The van der Waals surface area contributed by atoms with Gasteiger partial charge in [0.2, 0.25) is 10.0 Å². The molecule has 0 aromatic heterocycles. The first-order chi connectivity index (χ1) is 9.92. The van der Waals surface area contributed by atoms with E-state index in [1.165, 1.54) is 12.1 Å². The van der Waals surface area contributed by atoms with E-state index in [2.05, 4.69) is 16.0 Å². The lowest BCUT2D eigenvalue weighted by molar-refractivity contribution is -0.137. The van der Waals surface area contributed by atoms with Crippen molar-refractivity contribution >= 4 is 21.7 Å². The van der Waals surface area contributed by atoms with Crippen molar-refractivity contribution in [1.29, 1.82) is 0 Å². The summed E-state index contributed by atoms with van der Waals surface area (Å²) in [5.41, 5.74) is 0.212. The molecule has 7 heteroatoms. The van der Waals surface area contributed by atoms with Crippen LogP contribution in [0.1, 0.15) is 19.8 Å². The highest BCUT2D eigenvalue weighted by atomic mass is 32.2. The quantitative estimate of drug-likeness (QED) is 0.628. The van der Waals surface area contributed by atoms with Gasteiger partial charge >= 0.3 is 5.97 Å². The van der Waals surface area contributed by atoms with Crippen LogP contribution in [0, 0.1) is 12.3 Å². The molecule has 0 heterocycles. The van der Waals surface area contributed by atoms with Crippen LogP contribution in [0.15, 0.2) is 29.2 Å². The molecule has 0 aliphatic heterocycles. The van der Waals surface area contributed by atoms with E-state index < -0.39 is 22.0 Å². The molecule has 0 aliphatic rings. The highest BCUT2D eigenvalue weighted by Crippen LogP contribution is 2.22.